The lowest BCUT2D eigenvalue weighted by molar-refractivity contribution is -0.143. The van der Waals surface area contributed by atoms with Gasteiger partial charge >= 0.3 is 5.97 Å². The molecule has 3 nitrogen and oxygen atoms in total. The molecule has 1 aliphatic carbocycles. The topological polar surface area (TPSA) is 46.5 Å². The first-order valence-corrected chi connectivity index (χ1v) is 3.58. The van der Waals surface area contributed by atoms with Crippen molar-refractivity contribution >= 4 is 5.97 Å². The van der Waals surface area contributed by atoms with Gasteiger partial charge in [-0.05, 0) is 6.42 Å². The van der Waals surface area contributed by atoms with Crippen LogP contribution < -0.4 is 0 Å². The highest BCUT2D eigenvalue weighted by molar-refractivity contribution is 5.83. The van der Waals surface area contributed by atoms with Crippen LogP contribution in [0.1, 0.15) is 12.8 Å². The van der Waals surface area contributed by atoms with E-state index in [0.29, 0.717) is 11.3 Å². The largest absolute Gasteiger partial charge is 0.428 e. The molecular formula is C8H8O3. The number of hydrogen-bond donors (Lipinski definition) is 1. The van der Waals surface area contributed by atoms with Crippen LogP contribution in [0.2, 0.25) is 0 Å². The third-order valence-electron chi connectivity index (χ3n) is 1.90. The molecule has 0 bridgehead atoms. The number of carbonyl (C=O) groups excluding carboxylic acids is 1. The van der Waals surface area contributed by atoms with Gasteiger partial charge in [0, 0.05) is 12.0 Å². The van der Waals surface area contributed by atoms with Crippen LogP contribution in [-0.4, -0.2) is 17.2 Å². The van der Waals surface area contributed by atoms with Crippen LogP contribution in [0.5, 0.6) is 0 Å². The van der Waals surface area contributed by atoms with E-state index in [4.69, 9.17) is 4.74 Å². The Hall–Kier alpha value is -1.09. The summed E-state index contributed by atoms with van der Waals surface area (Å²) in [6.07, 6.45) is 4.27. The summed E-state index contributed by atoms with van der Waals surface area (Å²) in [4.78, 5) is 10.8. The number of rotatable bonds is 0. The fourth-order valence-corrected chi connectivity index (χ4v) is 1.32. The highest BCUT2D eigenvalue weighted by Gasteiger charge is 2.32. The lowest BCUT2D eigenvalue weighted by Crippen LogP contribution is -2.16. The number of aliphatic hydroxyl groups is 1. The van der Waals surface area contributed by atoms with Crippen molar-refractivity contribution in [3.8, 4) is 0 Å². The molecule has 0 saturated carbocycles. The fraction of sp³-hybridized carbons (Fsp3) is 0.375. The lowest BCUT2D eigenvalue weighted by atomic mass is 10.0. The van der Waals surface area contributed by atoms with Crippen LogP contribution in [0.3, 0.4) is 0 Å². The summed E-state index contributed by atoms with van der Waals surface area (Å²) in [6.45, 7) is 0. The molecule has 0 aromatic rings. The van der Waals surface area contributed by atoms with E-state index in [9.17, 15) is 9.90 Å². The number of aliphatic hydroxyl groups excluding tert-OH is 1. The Labute approximate surface area is 64.0 Å². The van der Waals surface area contributed by atoms with Crippen molar-refractivity contribution in [2.24, 2.45) is 0 Å². The SMILES string of the molecule is O=C1OC2=C(C=CCC2)C1O. The van der Waals surface area contributed by atoms with Crippen LogP contribution in [0.25, 0.3) is 0 Å². The van der Waals surface area contributed by atoms with E-state index in [-0.39, 0.29) is 0 Å². The predicted molar refractivity (Wildman–Crippen MR) is 37.5 cm³/mol. The molecule has 1 N–H and O–H groups in total. The summed E-state index contributed by atoms with van der Waals surface area (Å²) in [6, 6.07) is 0. The minimum atomic E-state index is -1.04. The van der Waals surface area contributed by atoms with Crippen LogP contribution in [0.15, 0.2) is 23.5 Å². The van der Waals surface area contributed by atoms with Gasteiger partial charge in [0.2, 0.25) is 0 Å². The van der Waals surface area contributed by atoms with Crippen molar-refractivity contribution in [2.45, 2.75) is 18.9 Å². The van der Waals surface area contributed by atoms with Gasteiger partial charge < -0.3 is 9.84 Å². The zero-order chi connectivity index (χ0) is 7.84. The molecule has 0 radical (unpaired) electrons. The standard InChI is InChI=1S/C8H8O3/c9-7-5-3-1-2-4-6(5)11-8(7)10/h1,3,7,9H,2,4H2. The molecule has 0 amide bonds. The highest BCUT2D eigenvalue weighted by Crippen LogP contribution is 2.28. The van der Waals surface area contributed by atoms with Gasteiger partial charge in [-0.1, -0.05) is 12.2 Å². The van der Waals surface area contributed by atoms with E-state index in [1.165, 1.54) is 0 Å². The van der Waals surface area contributed by atoms with Gasteiger partial charge in [0.1, 0.15) is 5.76 Å². The Balaban J connectivity index is 2.35. The van der Waals surface area contributed by atoms with E-state index in [1.807, 2.05) is 6.08 Å². The molecule has 2 aliphatic rings. The van der Waals surface area contributed by atoms with Crippen molar-refractivity contribution in [3.05, 3.63) is 23.5 Å². The second kappa shape index (κ2) is 2.20. The monoisotopic (exact) mass is 152 g/mol. The van der Waals surface area contributed by atoms with Crippen molar-refractivity contribution in [1.82, 2.24) is 0 Å². The number of hydrogen-bond acceptors (Lipinski definition) is 3. The molecule has 3 heteroatoms. The van der Waals surface area contributed by atoms with Gasteiger partial charge in [0.15, 0.2) is 6.10 Å². The minimum Gasteiger partial charge on any atom is -0.428 e. The predicted octanol–water partition coefficient (Wildman–Crippen LogP) is 0.508. The van der Waals surface area contributed by atoms with E-state index in [2.05, 4.69) is 0 Å². The normalized spacial score (nSPS) is 28.8. The molecule has 0 saturated heterocycles. The van der Waals surface area contributed by atoms with Gasteiger partial charge in [0.25, 0.3) is 0 Å². The van der Waals surface area contributed by atoms with Gasteiger partial charge in [-0.25, -0.2) is 4.79 Å². The molecular weight excluding hydrogens is 144 g/mol. The summed E-state index contributed by atoms with van der Waals surface area (Å²) in [5.41, 5.74) is 0.640. The molecule has 1 atom stereocenters. The van der Waals surface area contributed by atoms with Crippen LogP contribution in [0, 0.1) is 0 Å². The Kier molecular flexibility index (Phi) is 1.32. The summed E-state index contributed by atoms with van der Waals surface area (Å²) < 4.78 is 4.82. The Morgan fingerprint density at radius 2 is 2.45 bits per heavy atom. The van der Waals surface area contributed by atoms with Crippen molar-refractivity contribution < 1.29 is 14.6 Å². The molecule has 0 aromatic heterocycles. The third-order valence-corrected chi connectivity index (χ3v) is 1.90. The zero-order valence-corrected chi connectivity index (χ0v) is 5.91. The van der Waals surface area contributed by atoms with Gasteiger partial charge in [-0.15, -0.1) is 0 Å². The average Bonchev–Trinajstić information content (AvgIpc) is 2.30. The summed E-state index contributed by atoms with van der Waals surface area (Å²) >= 11 is 0. The molecule has 0 aromatic carbocycles. The number of carbonyl (C=O) groups is 1. The summed E-state index contributed by atoms with van der Waals surface area (Å²) in [5.74, 6) is 0.103. The molecule has 1 unspecified atom stereocenters. The molecule has 1 aliphatic heterocycles. The maximum Gasteiger partial charge on any atom is 0.344 e. The van der Waals surface area contributed by atoms with E-state index in [1.54, 1.807) is 6.08 Å². The van der Waals surface area contributed by atoms with Gasteiger partial charge in [-0.3, -0.25) is 0 Å². The maximum absolute atomic E-state index is 10.8. The lowest BCUT2D eigenvalue weighted by Gasteiger charge is -2.04. The van der Waals surface area contributed by atoms with E-state index >= 15 is 0 Å². The molecule has 2 rings (SSSR count). The Morgan fingerprint density at radius 3 is 3.18 bits per heavy atom. The maximum atomic E-state index is 10.8. The summed E-state index contributed by atoms with van der Waals surface area (Å²) in [7, 11) is 0. The molecule has 0 spiro atoms. The van der Waals surface area contributed by atoms with Crippen molar-refractivity contribution in [1.29, 1.82) is 0 Å². The van der Waals surface area contributed by atoms with Crippen LogP contribution in [-0.2, 0) is 9.53 Å². The second-order valence-corrected chi connectivity index (χ2v) is 2.64. The van der Waals surface area contributed by atoms with Gasteiger partial charge in [-0.2, -0.15) is 0 Å². The van der Waals surface area contributed by atoms with Crippen molar-refractivity contribution in [3.63, 3.8) is 0 Å². The first-order chi connectivity index (χ1) is 5.29. The molecule has 0 fully saturated rings. The van der Waals surface area contributed by atoms with Crippen molar-refractivity contribution in [2.75, 3.05) is 0 Å². The molecule has 58 valence electrons. The number of ether oxygens (including phenoxy) is 1. The smallest absolute Gasteiger partial charge is 0.344 e. The van der Waals surface area contributed by atoms with E-state index < -0.39 is 12.1 Å². The fourth-order valence-electron chi connectivity index (χ4n) is 1.32. The van der Waals surface area contributed by atoms with E-state index in [0.717, 1.165) is 12.8 Å². The third kappa shape index (κ3) is 0.886. The van der Waals surface area contributed by atoms with Gasteiger partial charge in [0.05, 0.1) is 0 Å². The minimum absolute atomic E-state index is 0.540. The Morgan fingerprint density at radius 1 is 1.64 bits per heavy atom. The molecule has 1 heterocycles. The Bertz CT molecular complexity index is 263. The number of allylic oxidation sites excluding steroid dienone is 2. The quantitative estimate of drug-likeness (QED) is 0.514. The van der Waals surface area contributed by atoms with Crippen LogP contribution >= 0.6 is 0 Å². The molecule has 11 heavy (non-hydrogen) atoms. The highest BCUT2D eigenvalue weighted by atomic mass is 16.6. The first-order valence-electron chi connectivity index (χ1n) is 3.58. The van der Waals surface area contributed by atoms with Crippen LogP contribution in [0.4, 0.5) is 0 Å². The zero-order valence-electron chi connectivity index (χ0n) is 5.91. The first kappa shape index (κ1) is 6.61. The summed E-state index contributed by atoms with van der Waals surface area (Å²) in [5, 5.41) is 9.21. The number of esters is 1. The second-order valence-electron chi connectivity index (χ2n) is 2.64. The average molecular weight is 152 g/mol.